The minimum Gasteiger partial charge on any atom is -0.122 e. The average Bonchev–Trinajstić information content (AvgIpc) is 1.91. The molecule has 0 aliphatic heterocycles. The van der Waals surface area contributed by atoms with Gasteiger partial charge in [0, 0.05) is 10.6 Å². The molecule has 0 heterocycles. The van der Waals surface area contributed by atoms with Crippen molar-refractivity contribution in [1.82, 2.24) is 0 Å². The zero-order valence-corrected chi connectivity index (χ0v) is 10.2. The molecule has 1 fully saturated rings. The number of rotatable bonds is 1. The van der Waals surface area contributed by atoms with E-state index in [-0.39, 0.29) is 5.38 Å². The molecule has 0 nitrogen and oxygen atoms in total. The Bertz CT molecular complexity index is 145. The Morgan fingerprint density at radius 1 is 1.08 bits per heavy atom. The summed E-state index contributed by atoms with van der Waals surface area (Å²) < 4.78 is -1.21. The SMILES string of the molecule is Cl[C@@H]1CCCC[C@H]1SC(Cl)(Cl)Cl. The highest BCUT2D eigenvalue weighted by Crippen LogP contribution is 2.46. The number of halogens is 4. The zero-order valence-electron chi connectivity index (χ0n) is 6.40. The molecule has 1 aliphatic carbocycles. The van der Waals surface area contributed by atoms with Crippen LogP contribution in [-0.2, 0) is 0 Å². The molecule has 1 aliphatic rings. The van der Waals surface area contributed by atoms with E-state index in [1.807, 2.05) is 0 Å². The van der Waals surface area contributed by atoms with Crippen LogP contribution >= 0.6 is 58.2 Å². The molecule has 0 unspecified atom stereocenters. The molecule has 5 heteroatoms. The van der Waals surface area contributed by atoms with E-state index in [9.17, 15) is 0 Å². The Labute approximate surface area is 97.3 Å². The molecule has 0 aromatic heterocycles. The molecule has 0 amide bonds. The van der Waals surface area contributed by atoms with Gasteiger partial charge in [-0.3, -0.25) is 0 Å². The predicted octanol–water partition coefficient (Wildman–Crippen LogP) is 4.60. The summed E-state index contributed by atoms with van der Waals surface area (Å²) in [6, 6.07) is 0. The first-order valence-electron chi connectivity index (χ1n) is 3.87. The maximum atomic E-state index is 6.09. The van der Waals surface area contributed by atoms with Crippen LogP contribution in [-0.4, -0.2) is 13.8 Å². The van der Waals surface area contributed by atoms with E-state index in [0.29, 0.717) is 5.25 Å². The third-order valence-electron chi connectivity index (χ3n) is 1.91. The number of hydrogen-bond donors (Lipinski definition) is 0. The molecule has 1 saturated carbocycles. The Morgan fingerprint density at radius 2 is 1.67 bits per heavy atom. The van der Waals surface area contributed by atoms with Gasteiger partial charge < -0.3 is 0 Å². The summed E-state index contributed by atoms with van der Waals surface area (Å²) in [6.07, 6.45) is 4.50. The first-order valence-corrected chi connectivity index (χ1v) is 6.32. The maximum Gasteiger partial charge on any atom is 0.237 e. The van der Waals surface area contributed by atoms with Crippen molar-refractivity contribution in [3.63, 3.8) is 0 Å². The summed E-state index contributed by atoms with van der Waals surface area (Å²) in [5.74, 6) is 0. The topological polar surface area (TPSA) is 0 Å². The maximum absolute atomic E-state index is 6.09. The summed E-state index contributed by atoms with van der Waals surface area (Å²) in [6.45, 7) is 0. The van der Waals surface area contributed by atoms with Crippen molar-refractivity contribution in [2.24, 2.45) is 0 Å². The standard InChI is InChI=1S/C7H10Cl4S/c8-5-3-1-2-4-6(5)12-7(9,10)11/h5-6H,1-4H2/t5-,6-/m1/s1. The van der Waals surface area contributed by atoms with Crippen LogP contribution in [0, 0.1) is 0 Å². The van der Waals surface area contributed by atoms with Crippen LogP contribution in [0.15, 0.2) is 0 Å². The molecule has 0 spiro atoms. The smallest absolute Gasteiger partial charge is 0.122 e. The minimum absolute atomic E-state index is 0.166. The first-order chi connectivity index (χ1) is 5.49. The largest absolute Gasteiger partial charge is 0.237 e. The molecule has 12 heavy (non-hydrogen) atoms. The van der Waals surface area contributed by atoms with Crippen molar-refractivity contribution in [3.05, 3.63) is 0 Å². The number of hydrogen-bond acceptors (Lipinski definition) is 1. The van der Waals surface area contributed by atoms with Crippen LogP contribution in [0.1, 0.15) is 25.7 Å². The van der Waals surface area contributed by atoms with Crippen LogP contribution in [0.5, 0.6) is 0 Å². The Kier molecular flexibility index (Phi) is 4.67. The molecule has 0 saturated heterocycles. The van der Waals surface area contributed by atoms with E-state index < -0.39 is 3.12 Å². The molecule has 2 atom stereocenters. The molecule has 1 rings (SSSR count). The minimum atomic E-state index is -1.21. The Balaban J connectivity index is 2.39. The zero-order chi connectivity index (χ0) is 9.19. The highest BCUT2D eigenvalue weighted by atomic mass is 35.6. The monoisotopic (exact) mass is 266 g/mol. The Morgan fingerprint density at radius 3 is 2.17 bits per heavy atom. The molecular formula is C7H10Cl4S. The summed E-state index contributed by atoms with van der Waals surface area (Å²) in [5, 5.41) is 0.465. The number of alkyl halides is 4. The second-order valence-corrected chi connectivity index (χ2v) is 7.87. The third kappa shape index (κ3) is 4.15. The van der Waals surface area contributed by atoms with E-state index >= 15 is 0 Å². The van der Waals surface area contributed by atoms with Crippen LogP contribution < -0.4 is 0 Å². The lowest BCUT2D eigenvalue weighted by Gasteiger charge is -2.28. The highest BCUT2D eigenvalue weighted by Gasteiger charge is 2.32. The van der Waals surface area contributed by atoms with Crippen molar-refractivity contribution in [1.29, 1.82) is 0 Å². The van der Waals surface area contributed by atoms with Crippen molar-refractivity contribution in [3.8, 4) is 0 Å². The van der Waals surface area contributed by atoms with Crippen LogP contribution in [0.3, 0.4) is 0 Å². The highest BCUT2D eigenvalue weighted by molar-refractivity contribution is 8.05. The van der Waals surface area contributed by atoms with Gasteiger partial charge >= 0.3 is 0 Å². The molecule has 0 aromatic carbocycles. The Hall–Kier alpha value is 1.51. The van der Waals surface area contributed by atoms with Gasteiger partial charge in [-0.05, 0) is 12.8 Å². The van der Waals surface area contributed by atoms with Crippen molar-refractivity contribution >= 4 is 58.2 Å². The first kappa shape index (κ1) is 11.6. The summed E-state index contributed by atoms with van der Waals surface area (Å²) in [4.78, 5) is 0. The quantitative estimate of drug-likeness (QED) is 0.626. The lowest BCUT2D eigenvalue weighted by molar-refractivity contribution is 0.522. The van der Waals surface area contributed by atoms with Crippen molar-refractivity contribution in [2.45, 2.75) is 39.4 Å². The molecular weight excluding hydrogens is 258 g/mol. The van der Waals surface area contributed by atoms with Gasteiger partial charge in [0.05, 0.1) is 0 Å². The molecule has 0 aromatic rings. The van der Waals surface area contributed by atoms with E-state index in [1.165, 1.54) is 24.6 Å². The third-order valence-corrected chi connectivity index (χ3v) is 4.51. The lowest BCUT2D eigenvalue weighted by atomic mass is 10.00. The second-order valence-electron chi connectivity index (χ2n) is 2.90. The molecule has 0 bridgehead atoms. The summed E-state index contributed by atoms with van der Waals surface area (Å²) in [7, 11) is 0. The molecule has 0 N–H and O–H groups in total. The lowest BCUT2D eigenvalue weighted by Crippen LogP contribution is -2.24. The normalized spacial score (nSPS) is 32.0. The van der Waals surface area contributed by atoms with E-state index in [2.05, 4.69) is 0 Å². The van der Waals surface area contributed by atoms with Gasteiger partial charge in [0.1, 0.15) is 0 Å². The number of thioether (sulfide) groups is 1. The summed E-state index contributed by atoms with van der Waals surface area (Å²) >= 11 is 24.4. The second kappa shape index (κ2) is 4.84. The van der Waals surface area contributed by atoms with Crippen LogP contribution in [0.25, 0.3) is 0 Å². The van der Waals surface area contributed by atoms with Gasteiger partial charge in [0.25, 0.3) is 0 Å². The fourth-order valence-electron chi connectivity index (χ4n) is 1.36. The van der Waals surface area contributed by atoms with Gasteiger partial charge in [-0.1, -0.05) is 47.6 Å². The fraction of sp³-hybridized carbons (Fsp3) is 1.00. The molecule has 72 valence electrons. The van der Waals surface area contributed by atoms with E-state index in [1.54, 1.807) is 0 Å². The van der Waals surface area contributed by atoms with Crippen molar-refractivity contribution in [2.75, 3.05) is 0 Å². The van der Waals surface area contributed by atoms with Crippen LogP contribution in [0.2, 0.25) is 0 Å². The predicted molar refractivity (Wildman–Crippen MR) is 59.8 cm³/mol. The van der Waals surface area contributed by atoms with Gasteiger partial charge in [0.2, 0.25) is 3.12 Å². The fourth-order valence-corrected chi connectivity index (χ4v) is 3.73. The van der Waals surface area contributed by atoms with E-state index in [4.69, 9.17) is 46.4 Å². The average molecular weight is 268 g/mol. The molecule has 0 radical (unpaired) electrons. The van der Waals surface area contributed by atoms with Gasteiger partial charge in [-0.25, -0.2) is 0 Å². The van der Waals surface area contributed by atoms with E-state index in [0.717, 1.165) is 12.8 Å². The van der Waals surface area contributed by atoms with Crippen molar-refractivity contribution < 1.29 is 0 Å². The van der Waals surface area contributed by atoms with Gasteiger partial charge in [-0.2, -0.15) is 0 Å². The summed E-state index contributed by atoms with van der Waals surface area (Å²) in [5.41, 5.74) is 0. The van der Waals surface area contributed by atoms with Gasteiger partial charge in [-0.15, -0.1) is 23.4 Å². The van der Waals surface area contributed by atoms with Crippen LogP contribution in [0.4, 0.5) is 0 Å². The van der Waals surface area contributed by atoms with Gasteiger partial charge in [0.15, 0.2) is 0 Å².